The number of carbonyl (C=O) groups excluding carboxylic acids is 1. The highest BCUT2D eigenvalue weighted by molar-refractivity contribution is 6.05. The molecule has 27 heavy (non-hydrogen) atoms. The number of nitro groups is 1. The molecule has 2 N–H and O–H groups in total. The van der Waals surface area contributed by atoms with Gasteiger partial charge in [0, 0.05) is 30.4 Å². The Balaban J connectivity index is 1.86. The van der Waals surface area contributed by atoms with Crippen molar-refractivity contribution in [3.05, 3.63) is 63.2 Å². The van der Waals surface area contributed by atoms with Crippen LogP contribution in [0, 0.1) is 17.0 Å². The molecule has 8 heteroatoms. The summed E-state index contributed by atoms with van der Waals surface area (Å²) in [6.45, 7) is 3.18. The third-order valence-corrected chi connectivity index (χ3v) is 4.61. The summed E-state index contributed by atoms with van der Waals surface area (Å²) in [5.74, 6) is -1.62. The molecule has 140 valence electrons. The van der Waals surface area contributed by atoms with Gasteiger partial charge in [-0.3, -0.25) is 14.9 Å². The Labute approximate surface area is 155 Å². The molecule has 0 saturated carbocycles. The van der Waals surface area contributed by atoms with Crippen LogP contribution in [0.3, 0.4) is 0 Å². The lowest BCUT2D eigenvalue weighted by molar-refractivity contribution is -0.384. The van der Waals surface area contributed by atoms with Crippen LogP contribution in [0.4, 0.5) is 17.1 Å². The summed E-state index contributed by atoms with van der Waals surface area (Å²) in [6, 6.07) is 8.95. The zero-order valence-electron chi connectivity index (χ0n) is 14.8. The van der Waals surface area contributed by atoms with E-state index >= 15 is 0 Å². The molecule has 1 saturated heterocycles. The van der Waals surface area contributed by atoms with Crippen LogP contribution in [0.5, 0.6) is 0 Å². The van der Waals surface area contributed by atoms with Crippen LogP contribution in [-0.2, 0) is 0 Å². The molecule has 0 bridgehead atoms. The number of anilines is 2. The Morgan fingerprint density at radius 1 is 1.15 bits per heavy atom. The van der Waals surface area contributed by atoms with E-state index in [-0.39, 0.29) is 16.8 Å². The smallest absolute Gasteiger partial charge is 0.336 e. The van der Waals surface area contributed by atoms with Crippen molar-refractivity contribution in [2.45, 2.75) is 19.8 Å². The monoisotopic (exact) mass is 369 g/mol. The second-order valence-corrected chi connectivity index (χ2v) is 6.44. The number of benzene rings is 2. The Morgan fingerprint density at radius 2 is 1.85 bits per heavy atom. The highest BCUT2D eigenvalue weighted by Crippen LogP contribution is 2.32. The average Bonchev–Trinajstić information content (AvgIpc) is 3.17. The van der Waals surface area contributed by atoms with E-state index in [1.807, 2.05) is 4.90 Å². The van der Waals surface area contributed by atoms with Gasteiger partial charge in [0.2, 0.25) is 0 Å². The lowest BCUT2D eigenvalue weighted by Crippen LogP contribution is -2.20. The third-order valence-electron chi connectivity index (χ3n) is 4.61. The van der Waals surface area contributed by atoms with Crippen molar-refractivity contribution in [3.8, 4) is 0 Å². The van der Waals surface area contributed by atoms with E-state index in [2.05, 4.69) is 5.32 Å². The zero-order valence-corrected chi connectivity index (χ0v) is 14.8. The number of hydrogen-bond donors (Lipinski definition) is 2. The Kier molecular flexibility index (Phi) is 5.07. The maximum atomic E-state index is 12.5. The molecule has 1 amide bonds. The summed E-state index contributed by atoms with van der Waals surface area (Å²) in [5.41, 5.74) is 1.52. The molecule has 0 radical (unpaired) electrons. The third kappa shape index (κ3) is 3.89. The number of hydrogen-bond acceptors (Lipinski definition) is 5. The van der Waals surface area contributed by atoms with Gasteiger partial charge in [0.15, 0.2) is 0 Å². The summed E-state index contributed by atoms with van der Waals surface area (Å²) in [5, 5.41) is 23.2. The molecular weight excluding hydrogens is 350 g/mol. The van der Waals surface area contributed by atoms with Crippen LogP contribution in [0.2, 0.25) is 0 Å². The topological polar surface area (TPSA) is 113 Å². The maximum absolute atomic E-state index is 12.5. The van der Waals surface area contributed by atoms with Crippen LogP contribution in [0.1, 0.15) is 39.1 Å². The van der Waals surface area contributed by atoms with Gasteiger partial charge in [0.1, 0.15) is 5.69 Å². The summed E-state index contributed by atoms with van der Waals surface area (Å²) >= 11 is 0. The predicted molar refractivity (Wildman–Crippen MR) is 101 cm³/mol. The van der Waals surface area contributed by atoms with Crippen molar-refractivity contribution in [2.75, 3.05) is 23.3 Å². The number of aryl methyl sites for hydroxylation is 1. The molecule has 1 heterocycles. The van der Waals surface area contributed by atoms with Gasteiger partial charge < -0.3 is 15.3 Å². The molecule has 0 unspecified atom stereocenters. The average molecular weight is 369 g/mol. The maximum Gasteiger partial charge on any atom is 0.336 e. The van der Waals surface area contributed by atoms with E-state index in [9.17, 15) is 24.8 Å². The van der Waals surface area contributed by atoms with Gasteiger partial charge >= 0.3 is 5.97 Å². The number of carbonyl (C=O) groups is 2. The molecule has 0 spiro atoms. The van der Waals surface area contributed by atoms with Crippen molar-refractivity contribution < 1.29 is 19.6 Å². The summed E-state index contributed by atoms with van der Waals surface area (Å²) < 4.78 is 0. The minimum atomic E-state index is -1.09. The number of carboxylic acids is 1. The zero-order chi connectivity index (χ0) is 19.6. The second kappa shape index (κ2) is 7.45. The number of nitrogens with zero attached hydrogens (tertiary/aromatic N) is 2. The van der Waals surface area contributed by atoms with Crippen molar-refractivity contribution in [3.63, 3.8) is 0 Å². The first kappa shape index (κ1) is 18.4. The number of nitrogens with one attached hydrogen (secondary N) is 1. The molecule has 0 atom stereocenters. The molecule has 2 aromatic rings. The standard InChI is InChI=1S/C19H19N3O5/c1-12-4-6-14(11-15(12)19(24)25)20-18(23)13-5-7-16(17(10-13)22(26)27)21-8-2-3-9-21/h4-7,10-11H,2-3,8-9H2,1H3,(H,20,23)(H,24,25). The van der Waals surface area contributed by atoms with E-state index in [4.69, 9.17) is 0 Å². The number of aromatic carboxylic acids is 1. The van der Waals surface area contributed by atoms with Crippen LogP contribution in [0.15, 0.2) is 36.4 Å². The minimum absolute atomic E-state index is 0.0863. The predicted octanol–water partition coefficient (Wildman–Crippen LogP) is 3.45. The lowest BCUT2D eigenvalue weighted by Gasteiger charge is -2.17. The first-order chi connectivity index (χ1) is 12.9. The van der Waals surface area contributed by atoms with Crippen LogP contribution in [0.25, 0.3) is 0 Å². The molecule has 1 aliphatic rings. The van der Waals surface area contributed by atoms with Gasteiger partial charge in [-0.25, -0.2) is 4.79 Å². The normalized spacial score (nSPS) is 13.4. The molecular formula is C19H19N3O5. The molecule has 8 nitrogen and oxygen atoms in total. The van der Waals surface area contributed by atoms with E-state index in [0.29, 0.717) is 16.9 Å². The molecule has 0 aliphatic carbocycles. The fourth-order valence-electron chi connectivity index (χ4n) is 3.17. The van der Waals surface area contributed by atoms with Gasteiger partial charge in [-0.2, -0.15) is 0 Å². The number of amides is 1. The number of nitro benzene ring substituents is 1. The summed E-state index contributed by atoms with van der Waals surface area (Å²) in [4.78, 5) is 36.6. The first-order valence-electron chi connectivity index (χ1n) is 8.55. The fraction of sp³-hybridized carbons (Fsp3) is 0.263. The van der Waals surface area contributed by atoms with Crippen molar-refractivity contribution >= 4 is 28.9 Å². The summed E-state index contributed by atoms with van der Waals surface area (Å²) in [6.07, 6.45) is 1.97. The Morgan fingerprint density at radius 3 is 2.48 bits per heavy atom. The van der Waals surface area contributed by atoms with Gasteiger partial charge in [-0.1, -0.05) is 6.07 Å². The fourth-order valence-corrected chi connectivity index (χ4v) is 3.17. The largest absolute Gasteiger partial charge is 0.478 e. The Bertz CT molecular complexity index is 920. The van der Waals surface area contributed by atoms with Gasteiger partial charge in [-0.05, 0) is 49.6 Å². The molecule has 3 rings (SSSR count). The number of carboxylic acid groups (broad SMARTS) is 1. The van der Waals surface area contributed by atoms with Crippen LogP contribution >= 0.6 is 0 Å². The highest BCUT2D eigenvalue weighted by atomic mass is 16.6. The van der Waals surface area contributed by atoms with Gasteiger partial charge in [-0.15, -0.1) is 0 Å². The van der Waals surface area contributed by atoms with E-state index in [1.54, 1.807) is 31.2 Å². The molecule has 1 fully saturated rings. The second-order valence-electron chi connectivity index (χ2n) is 6.44. The van der Waals surface area contributed by atoms with E-state index < -0.39 is 16.8 Å². The molecule has 0 aromatic heterocycles. The van der Waals surface area contributed by atoms with Crippen molar-refractivity contribution in [2.24, 2.45) is 0 Å². The van der Waals surface area contributed by atoms with Crippen LogP contribution in [-0.4, -0.2) is 35.0 Å². The highest BCUT2D eigenvalue weighted by Gasteiger charge is 2.24. The minimum Gasteiger partial charge on any atom is -0.478 e. The van der Waals surface area contributed by atoms with Crippen molar-refractivity contribution in [1.29, 1.82) is 0 Å². The first-order valence-corrected chi connectivity index (χ1v) is 8.55. The Hall–Kier alpha value is -3.42. The summed E-state index contributed by atoms with van der Waals surface area (Å²) in [7, 11) is 0. The van der Waals surface area contributed by atoms with Gasteiger partial charge in [0.05, 0.1) is 10.5 Å². The molecule has 1 aliphatic heterocycles. The lowest BCUT2D eigenvalue weighted by atomic mass is 10.1. The molecule has 2 aromatic carbocycles. The quantitative estimate of drug-likeness (QED) is 0.616. The van der Waals surface area contributed by atoms with Crippen molar-refractivity contribution in [1.82, 2.24) is 0 Å². The van der Waals surface area contributed by atoms with Crippen LogP contribution < -0.4 is 10.2 Å². The SMILES string of the molecule is Cc1ccc(NC(=O)c2ccc(N3CCCC3)c([N+](=O)[O-])c2)cc1C(=O)O. The van der Waals surface area contributed by atoms with E-state index in [0.717, 1.165) is 25.9 Å². The van der Waals surface area contributed by atoms with E-state index in [1.165, 1.54) is 12.1 Å². The number of rotatable bonds is 5. The van der Waals surface area contributed by atoms with Gasteiger partial charge in [0.25, 0.3) is 11.6 Å².